The minimum absolute atomic E-state index is 0.689. The van der Waals surface area contributed by atoms with Gasteiger partial charge in [0.1, 0.15) is 0 Å². The Morgan fingerprint density at radius 3 is 1.41 bits per heavy atom. The van der Waals surface area contributed by atoms with Gasteiger partial charge in [-0.2, -0.15) is 5.10 Å². The van der Waals surface area contributed by atoms with Gasteiger partial charge in [-0.05, 0) is 44.8 Å². The Morgan fingerprint density at radius 2 is 0.780 bits per heavy atom. The average molecular weight is 753 g/mol. The monoisotopic (exact) mass is 752 g/mol. The molecule has 0 aliphatic rings. The van der Waals surface area contributed by atoms with Crippen molar-refractivity contribution in [2.24, 2.45) is 0 Å². The maximum absolute atomic E-state index is 5.25. The van der Waals surface area contributed by atoms with E-state index in [4.69, 9.17) is 15.1 Å². The Morgan fingerprint density at radius 1 is 0.322 bits per heavy atom. The molecule has 276 valence electrons. The molecule has 11 rings (SSSR count). The second-order valence-electron chi connectivity index (χ2n) is 14.8. The van der Waals surface area contributed by atoms with Crippen molar-refractivity contribution in [3.05, 3.63) is 219 Å². The maximum atomic E-state index is 5.25. The van der Waals surface area contributed by atoms with Gasteiger partial charge in [-0.3, -0.25) is 0 Å². The standard InChI is InChI=1S/C55H36N4/c1-4-14-37(15-5-1)38-24-26-39(27-25-38)40-28-32-43(33-29-40)52-48-22-12-13-23-50(48)57-55(58-52)45-34-30-42(31-35-45)51-46-20-10-11-21-47(46)54-49(41-16-6-2-7-17-41)36-56-59(54)53(51)44-18-8-3-9-19-44/h1-36H. The normalized spacial score (nSPS) is 11.4. The van der Waals surface area contributed by atoms with E-state index in [0.29, 0.717) is 5.82 Å². The molecule has 0 spiro atoms. The first kappa shape index (κ1) is 34.3. The molecule has 0 saturated heterocycles. The van der Waals surface area contributed by atoms with Crippen LogP contribution >= 0.6 is 0 Å². The first-order valence-electron chi connectivity index (χ1n) is 19.9. The first-order chi connectivity index (χ1) is 29.3. The van der Waals surface area contributed by atoms with Crippen LogP contribution in [-0.4, -0.2) is 19.6 Å². The van der Waals surface area contributed by atoms with E-state index < -0.39 is 0 Å². The summed E-state index contributed by atoms with van der Waals surface area (Å²) in [6.45, 7) is 0. The van der Waals surface area contributed by atoms with Crippen LogP contribution in [-0.2, 0) is 0 Å². The average Bonchev–Trinajstić information content (AvgIpc) is 3.77. The van der Waals surface area contributed by atoms with Gasteiger partial charge in [-0.1, -0.05) is 206 Å². The highest BCUT2D eigenvalue weighted by Crippen LogP contribution is 2.43. The van der Waals surface area contributed by atoms with Crippen LogP contribution in [0.15, 0.2) is 219 Å². The summed E-state index contributed by atoms with van der Waals surface area (Å²) in [6.07, 6.45) is 2.00. The molecule has 8 aromatic carbocycles. The van der Waals surface area contributed by atoms with Gasteiger partial charge in [0.2, 0.25) is 0 Å². The Hall–Kier alpha value is -7.95. The summed E-state index contributed by atoms with van der Waals surface area (Å²) in [5.41, 5.74) is 16.3. The fourth-order valence-electron chi connectivity index (χ4n) is 8.42. The fraction of sp³-hybridized carbons (Fsp3) is 0. The minimum Gasteiger partial charge on any atom is -0.231 e. The maximum Gasteiger partial charge on any atom is 0.160 e. The second-order valence-corrected chi connectivity index (χ2v) is 14.8. The van der Waals surface area contributed by atoms with E-state index in [0.717, 1.165) is 77.7 Å². The molecule has 0 bridgehead atoms. The summed E-state index contributed by atoms with van der Waals surface area (Å²) in [6, 6.07) is 74.8. The SMILES string of the molecule is c1ccc(-c2ccc(-c3ccc(-c4nc(-c5ccc(-c6c(-c7ccccc7)n7ncc(-c8ccccc8)c7c7ccccc67)cc5)nc5ccccc45)cc3)cc2)cc1. The lowest BCUT2D eigenvalue weighted by atomic mass is 9.91. The van der Waals surface area contributed by atoms with Gasteiger partial charge in [0.25, 0.3) is 0 Å². The highest BCUT2D eigenvalue weighted by molar-refractivity contribution is 6.13. The predicted octanol–water partition coefficient (Wildman–Crippen LogP) is 14.1. The van der Waals surface area contributed by atoms with Crippen molar-refractivity contribution in [2.75, 3.05) is 0 Å². The number of nitrogens with zero attached hydrogens (tertiary/aromatic N) is 4. The summed E-state index contributed by atoms with van der Waals surface area (Å²) in [5, 5.41) is 8.42. The smallest absolute Gasteiger partial charge is 0.160 e. The van der Waals surface area contributed by atoms with Crippen LogP contribution in [0, 0.1) is 0 Å². The minimum atomic E-state index is 0.689. The van der Waals surface area contributed by atoms with Crippen molar-refractivity contribution in [3.63, 3.8) is 0 Å². The van der Waals surface area contributed by atoms with Crippen molar-refractivity contribution in [3.8, 4) is 78.4 Å². The third-order valence-corrected chi connectivity index (χ3v) is 11.3. The number of pyridine rings is 1. The largest absolute Gasteiger partial charge is 0.231 e. The Labute approximate surface area is 342 Å². The van der Waals surface area contributed by atoms with Crippen molar-refractivity contribution in [1.29, 1.82) is 0 Å². The van der Waals surface area contributed by atoms with Crippen LogP contribution in [0.2, 0.25) is 0 Å². The zero-order valence-corrected chi connectivity index (χ0v) is 32.1. The molecule has 3 aromatic heterocycles. The fourth-order valence-corrected chi connectivity index (χ4v) is 8.42. The van der Waals surface area contributed by atoms with Crippen LogP contribution in [0.4, 0.5) is 0 Å². The van der Waals surface area contributed by atoms with E-state index in [2.05, 4.69) is 205 Å². The summed E-state index contributed by atoms with van der Waals surface area (Å²) in [4.78, 5) is 10.3. The number of rotatable bonds is 7. The molecule has 0 radical (unpaired) electrons. The number of fused-ring (bicyclic) bond motifs is 4. The van der Waals surface area contributed by atoms with E-state index in [1.165, 1.54) is 22.1 Å². The van der Waals surface area contributed by atoms with Crippen LogP contribution in [0.25, 0.3) is 106 Å². The van der Waals surface area contributed by atoms with Crippen molar-refractivity contribution >= 4 is 27.2 Å². The zero-order valence-electron chi connectivity index (χ0n) is 32.1. The van der Waals surface area contributed by atoms with Crippen LogP contribution in [0.5, 0.6) is 0 Å². The molecule has 0 saturated carbocycles. The van der Waals surface area contributed by atoms with Crippen molar-refractivity contribution in [2.45, 2.75) is 0 Å². The quantitative estimate of drug-likeness (QED) is 0.163. The summed E-state index contributed by atoms with van der Waals surface area (Å²) < 4.78 is 2.13. The van der Waals surface area contributed by atoms with Crippen molar-refractivity contribution in [1.82, 2.24) is 19.6 Å². The molecule has 11 aromatic rings. The molecule has 0 N–H and O–H groups in total. The van der Waals surface area contributed by atoms with Gasteiger partial charge in [0, 0.05) is 38.6 Å². The molecule has 4 nitrogen and oxygen atoms in total. The molecular weight excluding hydrogens is 717 g/mol. The van der Waals surface area contributed by atoms with Gasteiger partial charge in [0.05, 0.1) is 28.6 Å². The number of benzene rings is 8. The lowest BCUT2D eigenvalue weighted by Crippen LogP contribution is -2.00. The van der Waals surface area contributed by atoms with Gasteiger partial charge in [0.15, 0.2) is 5.82 Å². The topological polar surface area (TPSA) is 43.1 Å². The summed E-state index contributed by atoms with van der Waals surface area (Å²) in [5.74, 6) is 0.689. The molecule has 3 heterocycles. The molecule has 0 fully saturated rings. The molecule has 0 atom stereocenters. The van der Waals surface area contributed by atoms with Gasteiger partial charge in [-0.15, -0.1) is 0 Å². The molecule has 0 unspecified atom stereocenters. The summed E-state index contributed by atoms with van der Waals surface area (Å²) >= 11 is 0. The van der Waals surface area contributed by atoms with E-state index in [1.54, 1.807) is 0 Å². The number of hydrogen-bond acceptors (Lipinski definition) is 3. The van der Waals surface area contributed by atoms with E-state index in [9.17, 15) is 0 Å². The number of hydrogen-bond donors (Lipinski definition) is 0. The van der Waals surface area contributed by atoms with Crippen LogP contribution in [0.1, 0.15) is 0 Å². The third kappa shape index (κ3) is 6.15. The molecular formula is C55H36N4. The van der Waals surface area contributed by atoms with E-state index >= 15 is 0 Å². The molecule has 0 aliphatic heterocycles. The highest BCUT2D eigenvalue weighted by atomic mass is 15.2. The summed E-state index contributed by atoms with van der Waals surface area (Å²) in [7, 11) is 0. The van der Waals surface area contributed by atoms with Crippen molar-refractivity contribution < 1.29 is 0 Å². The lowest BCUT2D eigenvalue weighted by molar-refractivity contribution is 0.976. The molecule has 4 heteroatoms. The molecule has 59 heavy (non-hydrogen) atoms. The second kappa shape index (κ2) is 14.5. The molecule has 0 amide bonds. The lowest BCUT2D eigenvalue weighted by Gasteiger charge is -2.18. The van der Waals surface area contributed by atoms with Crippen LogP contribution < -0.4 is 0 Å². The Kier molecular flexibility index (Phi) is 8.45. The van der Waals surface area contributed by atoms with Gasteiger partial charge < -0.3 is 0 Å². The van der Waals surface area contributed by atoms with Gasteiger partial charge in [-0.25, -0.2) is 14.5 Å². The van der Waals surface area contributed by atoms with E-state index in [1.807, 2.05) is 18.3 Å². The highest BCUT2D eigenvalue weighted by Gasteiger charge is 2.22. The van der Waals surface area contributed by atoms with Gasteiger partial charge >= 0.3 is 0 Å². The predicted molar refractivity (Wildman–Crippen MR) is 244 cm³/mol. The first-order valence-corrected chi connectivity index (χ1v) is 19.9. The Bertz CT molecular complexity index is 3260. The molecule has 0 aliphatic carbocycles. The number of aromatic nitrogens is 4. The third-order valence-electron chi connectivity index (χ3n) is 11.3. The Balaban J connectivity index is 0.999. The van der Waals surface area contributed by atoms with E-state index in [-0.39, 0.29) is 0 Å². The zero-order chi connectivity index (χ0) is 39.1. The van der Waals surface area contributed by atoms with Crippen LogP contribution in [0.3, 0.4) is 0 Å². The number of para-hydroxylation sites is 1.